The average Bonchev–Trinajstić information content (AvgIpc) is 2.36. The minimum atomic E-state index is -2.81. The Hall–Kier alpha value is -0.430. The smallest absolute Gasteiger partial charge is 0.387 e. The Labute approximate surface area is 144 Å². The molecule has 1 unspecified atom stereocenters. The van der Waals surface area contributed by atoms with Crippen molar-refractivity contribution in [3.05, 3.63) is 28.2 Å². The Kier molecular flexibility index (Phi) is 7.05. The van der Waals surface area contributed by atoms with Crippen LogP contribution in [0.2, 0.25) is 0 Å². The highest BCUT2D eigenvalue weighted by atomic mass is 79.9. The first-order chi connectivity index (χ1) is 9.78. The predicted octanol–water partition coefficient (Wildman–Crippen LogP) is 4.03. The summed E-state index contributed by atoms with van der Waals surface area (Å²) >= 11 is 3.28. The van der Waals surface area contributed by atoms with Crippen LogP contribution in [0.3, 0.4) is 0 Å². The Morgan fingerprint density at radius 1 is 1.45 bits per heavy atom. The molecule has 1 aliphatic rings. The first kappa shape index (κ1) is 19.6. The number of likely N-dealkylation sites (tertiary alicyclic amines) is 1. The van der Waals surface area contributed by atoms with Crippen molar-refractivity contribution in [3.63, 3.8) is 0 Å². The molecule has 1 atom stereocenters. The van der Waals surface area contributed by atoms with Gasteiger partial charge in [-0.05, 0) is 45.5 Å². The highest BCUT2D eigenvalue weighted by Gasteiger charge is 2.33. The van der Waals surface area contributed by atoms with Gasteiger partial charge in [0.1, 0.15) is 5.75 Å². The van der Waals surface area contributed by atoms with Crippen LogP contribution in [0.5, 0.6) is 5.75 Å². The second-order valence-electron chi connectivity index (χ2n) is 6.24. The SMILES string of the molecule is CC1(C)CN(Cc2ccc(OC(F)F)c(Br)c2)CCC1N.Cl. The minimum Gasteiger partial charge on any atom is -0.434 e. The molecule has 1 heterocycles. The zero-order valence-electron chi connectivity index (χ0n) is 12.7. The third-order valence-electron chi connectivity index (χ3n) is 4.01. The highest BCUT2D eigenvalue weighted by Crippen LogP contribution is 2.31. The van der Waals surface area contributed by atoms with E-state index < -0.39 is 6.61 Å². The third kappa shape index (κ3) is 5.05. The van der Waals surface area contributed by atoms with Crippen LogP contribution in [0.15, 0.2) is 22.7 Å². The molecule has 1 aromatic carbocycles. The largest absolute Gasteiger partial charge is 0.434 e. The molecule has 0 radical (unpaired) electrons. The second kappa shape index (κ2) is 7.90. The molecule has 3 nitrogen and oxygen atoms in total. The standard InChI is InChI=1S/C15H21BrF2N2O.ClH/c1-15(2)9-20(6-5-13(15)19)8-10-3-4-12(11(16)7-10)21-14(17)18;/h3-4,7,13-14H,5-6,8-9,19H2,1-2H3;1H. The van der Waals surface area contributed by atoms with Crippen molar-refractivity contribution in [2.75, 3.05) is 13.1 Å². The van der Waals surface area contributed by atoms with E-state index in [-0.39, 0.29) is 29.6 Å². The second-order valence-corrected chi connectivity index (χ2v) is 7.09. The van der Waals surface area contributed by atoms with Crippen LogP contribution >= 0.6 is 28.3 Å². The zero-order chi connectivity index (χ0) is 15.6. The monoisotopic (exact) mass is 398 g/mol. The lowest BCUT2D eigenvalue weighted by Gasteiger charge is -2.42. The number of benzene rings is 1. The van der Waals surface area contributed by atoms with Gasteiger partial charge in [0, 0.05) is 25.7 Å². The molecule has 1 aliphatic heterocycles. The maximum absolute atomic E-state index is 12.2. The molecular formula is C15H22BrClF2N2O. The molecule has 0 aromatic heterocycles. The summed E-state index contributed by atoms with van der Waals surface area (Å²) in [6.45, 7) is 4.22. The van der Waals surface area contributed by atoms with Crippen LogP contribution in [0, 0.1) is 5.41 Å². The maximum Gasteiger partial charge on any atom is 0.387 e. The number of rotatable bonds is 4. The fourth-order valence-electron chi connectivity index (χ4n) is 2.71. The molecule has 2 rings (SSSR count). The van der Waals surface area contributed by atoms with Gasteiger partial charge in [-0.15, -0.1) is 12.4 Å². The van der Waals surface area contributed by atoms with Crippen LogP contribution in [-0.4, -0.2) is 30.6 Å². The van der Waals surface area contributed by atoms with Gasteiger partial charge >= 0.3 is 6.61 Å². The fraction of sp³-hybridized carbons (Fsp3) is 0.600. The van der Waals surface area contributed by atoms with Crippen LogP contribution in [-0.2, 0) is 6.54 Å². The summed E-state index contributed by atoms with van der Waals surface area (Å²) < 4.78 is 29.4. The lowest BCUT2D eigenvalue weighted by Crippen LogP contribution is -2.52. The Balaban J connectivity index is 0.00000242. The third-order valence-corrected chi connectivity index (χ3v) is 4.63. The molecule has 1 aromatic rings. The first-order valence-corrected chi connectivity index (χ1v) is 7.78. The van der Waals surface area contributed by atoms with E-state index in [4.69, 9.17) is 5.73 Å². The summed E-state index contributed by atoms with van der Waals surface area (Å²) in [6.07, 6.45) is 0.973. The molecule has 0 spiro atoms. The fourth-order valence-corrected chi connectivity index (χ4v) is 3.23. The minimum absolute atomic E-state index is 0. The van der Waals surface area contributed by atoms with Crippen molar-refractivity contribution in [3.8, 4) is 5.75 Å². The van der Waals surface area contributed by atoms with Crippen LogP contribution in [0.4, 0.5) is 8.78 Å². The maximum atomic E-state index is 12.2. The molecule has 2 N–H and O–H groups in total. The highest BCUT2D eigenvalue weighted by molar-refractivity contribution is 9.10. The molecule has 126 valence electrons. The molecule has 0 amide bonds. The Bertz CT molecular complexity index is 502. The van der Waals surface area contributed by atoms with Crippen LogP contribution in [0.25, 0.3) is 0 Å². The van der Waals surface area contributed by atoms with Crippen molar-refractivity contribution in [2.24, 2.45) is 11.1 Å². The van der Waals surface area contributed by atoms with Gasteiger partial charge in [-0.3, -0.25) is 4.90 Å². The number of piperidine rings is 1. The predicted molar refractivity (Wildman–Crippen MR) is 89.7 cm³/mol. The van der Waals surface area contributed by atoms with Gasteiger partial charge in [-0.1, -0.05) is 19.9 Å². The van der Waals surface area contributed by atoms with E-state index in [1.807, 2.05) is 12.1 Å². The summed E-state index contributed by atoms with van der Waals surface area (Å²) in [7, 11) is 0. The molecule has 1 saturated heterocycles. The van der Waals surface area contributed by atoms with E-state index in [1.54, 1.807) is 6.07 Å². The molecule has 0 saturated carbocycles. The van der Waals surface area contributed by atoms with Crippen LogP contribution in [0.1, 0.15) is 25.8 Å². The van der Waals surface area contributed by atoms with Crippen LogP contribution < -0.4 is 10.5 Å². The molecule has 22 heavy (non-hydrogen) atoms. The summed E-state index contributed by atoms with van der Waals surface area (Å²) in [5.74, 6) is 0.162. The molecule has 1 fully saturated rings. The number of halogens is 4. The van der Waals surface area contributed by atoms with E-state index in [9.17, 15) is 8.78 Å². The van der Waals surface area contributed by atoms with Gasteiger partial charge < -0.3 is 10.5 Å². The van der Waals surface area contributed by atoms with Gasteiger partial charge in [-0.25, -0.2) is 0 Å². The number of nitrogens with zero attached hydrogens (tertiary/aromatic N) is 1. The normalized spacial score (nSPS) is 21.5. The lowest BCUT2D eigenvalue weighted by molar-refractivity contribution is -0.0503. The topological polar surface area (TPSA) is 38.5 Å². The number of alkyl halides is 2. The van der Waals surface area contributed by atoms with E-state index in [0.29, 0.717) is 4.47 Å². The molecule has 0 bridgehead atoms. The van der Waals surface area contributed by atoms with E-state index in [2.05, 4.69) is 39.4 Å². The first-order valence-electron chi connectivity index (χ1n) is 6.99. The molecular weight excluding hydrogens is 378 g/mol. The van der Waals surface area contributed by atoms with Gasteiger partial charge in [0.05, 0.1) is 4.47 Å². The summed E-state index contributed by atoms with van der Waals surface area (Å²) in [5.41, 5.74) is 7.29. The van der Waals surface area contributed by atoms with Gasteiger partial charge in [0.2, 0.25) is 0 Å². The number of hydrogen-bond acceptors (Lipinski definition) is 3. The Morgan fingerprint density at radius 2 is 2.14 bits per heavy atom. The quantitative estimate of drug-likeness (QED) is 0.831. The average molecular weight is 400 g/mol. The number of nitrogens with two attached hydrogens (primary N) is 1. The van der Waals surface area contributed by atoms with E-state index in [0.717, 1.165) is 31.6 Å². The molecule has 7 heteroatoms. The zero-order valence-corrected chi connectivity index (χ0v) is 15.1. The lowest BCUT2D eigenvalue weighted by atomic mass is 9.79. The van der Waals surface area contributed by atoms with Crippen molar-refractivity contribution < 1.29 is 13.5 Å². The van der Waals surface area contributed by atoms with Gasteiger partial charge in [0.15, 0.2) is 0 Å². The number of hydrogen-bond donors (Lipinski definition) is 1. The molecule has 0 aliphatic carbocycles. The van der Waals surface area contributed by atoms with E-state index in [1.165, 1.54) is 0 Å². The summed E-state index contributed by atoms with van der Waals surface area (Å²) in [6, 6.07) is 5.46. The van der Waals surface area contributed by atoms with E-state index >= 15 is 0 Å². The van der Waals surface area contributed by atoms with Gasteiger partial charge in [0.25, 0.3) is 0 Å². The number of ether oxygens (including phenoxy) is 1. The summed E-state index contributed by atoms with van der Waals surface area (Å²) in [4.78, 5) is 2.35. The van der Waals surface area contributed by atoms with Gasteiger partial charge in [-0.2, -0.15) is 8.78 Å². The van der Waals surface area contributed by atoms with Crippen molar-refractivity contribution >= 4 is 28.3 Å². The summed E-state index contributed by atoms with van der Waals surface area (Å²) in [5, 5.41) is 0. The Morgan fingerprint density at radius 3 is 2.68 bits per heavy atom. The van der Waals surface area contributed by atoms with Crippen molar-refractivity contribution in [2.45, 2.75) is 39.5 Å². The van der Waals surface area contributed by atoms with Crippen molar-refractivity contribution in [1.82, 2.24) is 4.90 Å². The van der Waals surface area contributed by atoms with Crippen molar-refractivity contribution in [1.29, 1.82) is 0 Å².